The number of carbonyl (C=O) groups excluding carboxylic acids is 1. The molecule has 1 saturated carbocycles. The van der Waals surface area contributed by atoms with Gasteiger partial charge >= 0.3 is 0 Å². The average Bonchev–Trinajstić information content (AvgIpc) is 2.95. The zero-order valence-corrected chi connectivity index (χ0v) is 14.7. The van der Waals surface area contributed by atoms with Crippen LogP contribution in [0.2, 0.25) is 0 Å². The van der Waals surface area contributed by atoms with Crippen molar-refractivity contribution in [2.75, 3.05) is 46.0 Å². The van der Waals surface area contributed by atoms with Crippen molar-refractivity contribution in [2.45, 2.75) is 51.7 Å². The first kappa shape index (κ1) is 17.2. The zero-order chi connectivity index (χ0) is 16.2. The normalized spacial score (nSPS) is 36.3. The molecule has 0 aromatic rings. The molecule has 1 aliphatic carbocycles. The molecule has 132 valence electrons. The number of morpholine rings is 1. The van der Waals surface area contributed by atoms with Gasteiger partial charge in [-0.1, -0.05) is 26.7 Å². The van der Waals surface area contributed by atoms with E-state index >= 15 is 0 Å². The van der Waals surface area contributed by atoms with Crippen LogP contribution >= 0.6 is 0 Å². The Kier molecular flexibility index (Phi) is 5.94. The van der Waals surface area contributed by atoms with E-state index in [9.17, 15) is 4.79 Å². The van der Waals surface area contributed by atoms with Gasteiger partial charge in [-0.2, -0.15) is 0 Å². The third kappa shape index (κ3) is 4.46. The van der Waals surface area contributed by atoms with Crippen molar-refractivity contribution in [3.8, 4) is 0 Å². The number of nitrogens with zero attached hydrogens (tertiary/aromatic N) is 2. The SMILES string of the molecule is C[C@@H]1CCC[C@H](OCC(=O)N2C[C@@H](C)[C@@H](N3CCOCC3)C2)C1. The van der Waals surface area contributed by atoms with Crippen LogP contribution in [0.3, 0.4) is 0 Å². The molecule has 0 N–H and O–H groups in total. The van der Waals surface area contributed by atoms with Crippen molar-refractivity contribution < 1.29 is 14.3 Å². The predicted octanol–water partition coefficient (Wildman–Crippen LogP) is 1.76. The van der Waals surface area contributed by atoms with Gasteiger partial charge in [0.2, 0.25) is 5.91 Å². The Morgan fingerprint density at radius 1 is 1.17 bits per heavy atom. The molecular formula is C18H32N2O3. The largest absolute Gasteiger partial charge is 0.379 e. The molecule has 0 aromatic heterocycles. The maximum Gasteiger partial charge on any atom is 0.248 e. The molecule has 0 radical (unpaired) electrons. The third-order valence-electron chi connectivity index (χ3n) is 5.77. The molecule has 3 fully saturated rings. The molecule has 0 unspecified atom stereocenters. The van der Waals surface area contributed by atoms with Crippen LogP contribution in [-0.4, -0.2) is 73.9 Å². The van der Waals surface area contributed by atoms with Crippen LogP contribution in [-0.2, 0) is 14.3 Å². The van der Waals surface area contributed by atoms with E-state index in [1.54, 1.807) is 0 Å². The molecule has 5 nitrogen and oxygen atoms in total. The summed E-state index contributed by atoms with van der Waals surface area (Å²) in [6.07, 6.45) is 5.06. The molecule has 5 heteroatoms. The number of likely N-dealkylation sites (tertiary alicyclic amines) is 1. The molecule has 2 heterocycles. The van der Waals surface area contributed by atoms with E-state index in [1.165, 1.54) is 12.8 Å². The first-order valence-corrected chi connectivity index (χ1v) is 9.34. The summed E-state index contributed by atoms with van der Waals surface area (Å²) in [5.74, 6) is 1.44. The van der Waals surface area contributed by atoms with Gasteiger partial charge in [0.25, 0.3) is 0 Å². The number of hydrogen-bond donors (Lipinski definition) is 0. The van der Waals surface area contributed by atoms with Crippen LogP contribution in [0.5, 0.6) is 0 Å². The van der Waals surface area contributed by atoms with Crippen molar-refractivity contribution in [1.29, 1.82) is 0 Å². The van der Waals surface area contributed by atoms with Gasteiger partial charge in [-0.3, -0.25) is 9.69 Å². The summed E-state index contributed by atoms with van der Waals surface area (Å²) in [5, 5.41) is 0. The monoisotopic (exact) mass is 324 g/mol. The minimum atomic E-state index is 0.172. The summed E-state index contributed by atoms with van der Waals surface area (Å²) in [5.41, 5.74) is 0. The van der Waals surface area contributed by atoms with Gasteiger partial charge in [0.1, 0.15) is 6.61 Å². The molecule has 2 saturated heterocycles. The summed E-state index contributed by atoms with van der Waals surface area (Å²) in [4.78, 5) is 17.0. The van der Waals surface area contributed by atoms with Gasteiger partial charge in [-0.15, -0.1) is 0 Å². The number of rotatable bonds is 4. The van der Waals surface area contributed by atoms with Gasteiger partial charge in [0.05, 0.1) is 19.3 Å². The summed E-state index contributed by atoms with van der Waals surface area (Å²) in [6.45, 7) is 10.2. The van der Waals surface area contributed by atoms with Crippen molar-refractivity contribution in [2.24, 2.45) is 11.8 Å². The highest BCUT2D eigenvalue weighted by Crippen LogP contribution is 2.26. The predicted molar refractivity (Wildman–Crippen MR) is 89.3 cm³/mol. The van der Waals surface area contributed by atoms with Crippen LogP contribution in [0, 0.1) is 11.8 Å². The summed E-state index contributed by atoms with van der Waals surface area (Å²) in [7, 11) is 0. The van der Waals surface area contributed by atoms with Gasteiger partial charge < -0.3 is 14.4 Å². The Hall–Kier alpha value is -0.650. The number of hydrogen-bond acceptors (Lipinski definition) is 4. The lowest BCUT2D eigenvalue weighted by Gasteiger charge is -2.34. The first-order chi connectivity index (χ1) is 11.1. The number of amides is 1. The quantitative estimate of drug-likeness (QED) is 0.790. The minimum Gasteiger partial charge on any atom is -0.379 e. The van der Waals surface area contributed by atoms with E-state index in [0.29, 0.717) is 12.0 Å². The summed E-state index contributed by atoms with van der Waals surface area (Å²) < 4.78 is 11.4. The lowest BCUT2D eigenvalue weighted by Crippen LogP contribution is -2.47. The lowest BCUT2D eigenvalue weighted by molar-refractivity contribution is -0.138. The highest BCUT2D eigenvalue weighted by Gasteiger charge is 2.36. The molecule has 0 bridgehead atoms. The highest BCUT2D eigenvalue weighted by atomic mass is 16.5. The molecule has 0 aromatic carbocycles. The van der Waals surface area contributed by atoms with Crippen molar-refractivity contribution in [3.05, 3.63) is 0 Å². The second kappa shape index (κ2) is 7.95. The van der Waals surface area contributed by atoms with E-state index in [-0.39, 0.29) is 18.6 Å². The van der Waals surface area contributed by atoms with Crippen molar-refractivity contribution in [3.63, 3.8) is 0 Å². The Morgan fingerprint density at radius 2 is 1.96 bits per heavy atom. The number of carbonyl (C=O) groups is 1. The maximum atomic E-state index is 12.5. The average molecular weight is 324 g/mol. The van der Waals surface area contributed by atoms with E-state index in [0.717, 1.165) is 58.2 Å². The van der Waals surface area contributed by atoms with E-state index in [4.69, 9.17) is 9.47 Å². The van der Waals surface area contributed by atoms with Gasteiger partial charge in [-0.25, -0.2) is 0 Å². The third-order valence-corrected chi connectivity index (χ3v) is 5.77. The number of ether oxygens (including phenoxy) is 2. The molecular weight excluding hydrogens is 292 g/mol. The molecule has 2 aliphatic heterocycles. The van der Waals surface area contributed by atoms with E-state index in [2.05, 4.69) is 18.7 Å². The second-order valence-corrected chi connectivity index (χ2v) is 7.70. The Balaban J connectivity index is 1.44. The standard InChI is InChI=1S/C18H32N2O3/c1-14-4-3-5-16(10-14)23-13-18(21)20-11-15(2)17(12-20)19-6-8-22-9-7-19/h14-17H,3-13H2,1-2H3/t14-,15-,16+,17+/m1/s1. The fourth-order valence-corrected chi connectivity index (χ4v) is 4.35. The molecule has 0 spiro atoms. The Bertz CT molecular complexity index is 398. The maximum absolute atomic E-state index is 12.5. The zero-order valence-electron chi connectivity index (χ0n) is 14.7. The van der Waals surface area contributed by atoms with Crippen LogP contribution in [0.4, 0.5) is 0 Å². The van der Waals surface area contributed by atoms with Crippen LogP contribution in [0.15, 0.2) is 0 Å². The molecule has 4 atom stereocenters. The molecule has 1 amide bonds. The van der Waals surface area contributed by atoms with E-state index in [1.807, 2.05) is 4.90 Å². The van der Waals surface area contributed by atoms with Gasteiger partial charge in [0.15, 0.2) is 0 Å². The molecule has 23 heavy (non-hydrogen) atoms. The fourth-order valence-electron chi connectivity index (χ4n) is 4.35. The summed E-state index contributed by atoms with van der Waals surface area (Å²) in [6, 6.07) is 0.484. The Morgan fingerprint density at radius 3 is 2.70 bits per heavy atom. The second-order valence-electron chi connectivity index (χ2n) is 7.70. The smallest absolute Gasteiger partial charge is 0.248 e. The lowest BCUT2D eigenvalue weighted by atomic mass is 9.89. The van der Waals surface area contributed by atoms with Crippen molar-refractivity contribution >= 4 is 5.91 Å². The van der Waals surface area contributed by atoms with Crippen LogP contribution in [0.1, 0.15) is 39.5 Å². The Labute approximate surface area is 140 Å². The first-order valence-electron chi connectivity index (χ1n) is 9.34. The topological polar surface area (TPSA) is 42.0 Å². The molecule has 3 rings (SSSR count). The van der Waals surface area contributed by atoms with Crippen molar-refractivity contribution in [1.82, 2.24) is 9.80 Å². The molecule has 3 aliphatic rings. The van der Waals surface area contributed by atoms with Gasteiger partial charge in [0, 0.05) is 32.2 Å². The summed E-state index contributed by atoms with van der Waals surface area (Å²) >= 11 is 0. The van der Waals surface area contributed by atoms with Crippen LogP contribution < -0.4 is 0 Å². The van der Waals surface area contributed by atoms with Gasteiger partial charge in [-0.05, 0) is 24.7 Å². The van der Waals surface area contributed by atoms with Crippen LogP contribution in [0.25, 0.3) is 0 Å². The minimum absolute atomic E-state index is 0.172. The highest BCUT2D eigenvalue weighted by molar-refractivity contribution is 5.77. The van der Waals surface area contributed by atoms with E-state index < -0.39 is 0 Å². The fraction of sp³-hybridized carbons (Fsp3) is 0.944.